The molecule has 1 aliphatic heterocycles. The average molecular weight is 180 g/mol. The number of hydrogen-bond acceptors (Lipinski definition) is 5. The average Bonchev–Trinajstić information content (AvgIpc) is 2.62. The normalized spacial score (nSPS) is 21.5. The Kier molecular flexibility index (Phi) is 1.63. The van der Waals surface area contributed by atoms with E-state index in [-0.39, 0.29) is 5.91 Å². The monoisotopic (exact) mass is 180 g/mol. The second-order valence-corrected chi connectivity index (χ2v) is 2.77. The van der Waals surface area contributed by atoms with Crippen LogP contribution in [0.2, 0.25) is 0 Å². The number of rotatable bonds is 1. The Morgan fingerprint density at radius 2 is 2.46 bits per heavy atom. The van der Waals surface area contributed by atoms with Gasteiger partial charge in [0, 0.05) is 6.07 Å². The molecule has 0 aliphatic carbocycles. The predicted molar refractivity (Wildman–Crippen MR) is 43.9 cm³/mol. The highest BCUT2D eigenvalue weighted by Crippen LogP contribution is 2.08. The molecule has 0 saturated carbocycles. The van der Waals surface area contributed by atoms with E-state index in [1.807, 2.05) is 0 Å². The first kappa shape index (κ1) is 7.93. The smallest absolute Gasteiger partial charge is 0.263 e. The van der Waals surface area contributed by atoms with Crippen LogP contribution in [0.15, 0.2) is 15.7 Å². The van der Waals surface area contributed by atoms with Crippen molar-refractivity contribution < 1.29 is 9.32 Å². The molecule has 2 heterocycles. The summed E-state index contributed by atoms with van der Waals surface area (Å²) in [4.78, 5) is 11.0. The molecule has 1 atom stereocenters. The number of amides is 1. The largest absolute Gasteiger partial charge is 0.361 e. The lowest BCUT2D eigenvalue weighted by Gasteiger charge is -1.97. The Labute approximate surface area is 73.8 Å². The minimum atomic E-state index is -0.746. The molecule has 0 spiro atoms. The molecular weight excluding hydrogens is 172 g/mol. The molecule has 1 aliphatic rings. The summed E-state index contributed by atoms with van der Waals surface area (Å²) < 4.78 is 4.84. The van der Waals surface area contributed by atoms with Gasteiger partial charge >= 0.3 is 0 Å². The van der Waals surface area contributed by atoms with Crippen LogP contribution in [0.25, 0.3) is 0 Å². The van der Waals surface area contributed by atoms with Crippen molar-refractivity contribution in [2.24, 2.45) is 10.8 Å². The number of hydrogen-bond donors (Lipinski definition) is 2. The van der Waals surface area contributed by atoms with Crippen molar-refractivity contribution in [3.8, 4) is 0 Å². The first-order valence-electron chi connectivity index (χ1n) is 3.75. The van der Waals surface area contributed by atoms with Crippen molar-refractivity contribution in [1.29, 1.82) is 0 Å². The van der Waals surface area contributed by atoms with Gasteiger partial charge in [0.05, 0.1) is 0 Å². The molecule has 1 unspecified atom stereocenters. The second-order valence-electron chi connectivity index (χ2n) is 2.77. The van der Waals surface area contributed by atoms with Gasteiger partial charge in [-0.05, 0) is 6.92 Å². The number of hydrazone groups is 1. The van der Waals surface area contributed by atoms with Gasteiger partial charge in [0.25, 0.3) is 5.91 Å². The van der Waals surface area contributed by atoms with Crippen LogP contribution in [0.5, 0.6) is 0 Å². The van der Waals surface area contributed by atoms with Gasteiger partial charge in [-0.3, -0.25) is 4.79 Å². The Balaban J connectivity index is 2.33. The molecule has 13 heavy (non-hydrogen) atoms. The maximum Gasteiger partial charge on any atom is 0.263 e. The molecule has 0 saturated heterocycles. The summed E-state index contributed by atoms with van der Waals surface area (Å²) in [5.74, 6) is 0.333. The van der Waals surface area contributed by atoms with Gasteiger partial charge in [-0.15, -0.1) is 0 Å². The Morgan fingerprint density at radius 3 is 2.92 bits per heavy atom. The molecule has 0 bridgehead atoms. The van der Waals surface area contributed by atoms with Crippen molar-refractivity contribution in [3.63, 3.8) is 0 Å². The number of aryl methyl sites for hydroxylation is 1. The highest BCUT2D eigenvalue weighted by atomic mass is 16.5. The van der Waals surface area contributed by atoms with Crippen LogP contribution < -0.4 is 11.2 Å². The van der Waals surface area contributed by atoms with E-state index in [0.717, 1.165) is 0 Å². The number of nitrogens with one attached hydrogen (secondary N) is 1. The van der Waals surface area contributed by atoms with Gasteiger partial charge < -0.3 is 10.3 Å². The first-order chi connectivity index (χ1) is 6.18. The summed E-state index contributed by atoms with van der Waals surface area (Å²) >= 11 is 0. The zero-order chi connectivity index (χ0) is 9.42. The highest BCUT2D eigenvalue weighted by molar-refractivity contribution is 6.18. The van der Waals surface area contributed by atoms with Crippen LogP contribution >= 0.6 is 0 Å². The van der Waals surface area contributed by atoms with Crippen LogP contribution in [-0.4, -0.2) is 22.8 Å². The SMILES string of the molecule is Cc1cc(C2=NNC(=O)C2N)no1. The van der Waals surface area contributed by atoms with E-state index in [4.69, 9.17) is 10.3 Å². The molecule has 0 fully saturated rings. The Hall–Kier alpha value is -1.69. The lowest BCUT2D eigenvalue weighted by atomic mass is 10.1. The molecule has 6 nitrogen and oxygen atoms in total. The summed E-state index contributed by atoms with van der Waals surface area (Å²) in [6.45, 7) is 1.76. The molecule has 1 aromatic heterocycles. The van der Waals surface area contributed by atoms with Gasteiger partial charge in [0.1, 0.15) is 23.2 Å². The number of carbonyl (C=O) groups excluding carboxylic acids is 1. The van der Waals surface area contributed by atoms with Crippen LogP contribution in [0.3, 0.4) is 0 Å². The van der Waals surface area contributed by atoms with Gasteiger partial charge in [-0.2, -0.15) is 5.10 Å². The van der Waals surface area contributed by atoms with E-state index >= 15 is 0 Å². The minimum absolute atomic E-state index is 0.323. The molecule has 1 aromatic rings. The fraction of sp³-hybridized carbons (Fsp3) is 0.286. The van der Waals surface area contributed by atoms with E-state index in [1.165, 1.54) is 0 Å². The summed E-state index contributed by atoms with van der Waals surface area (Å²) in [6.07, 6.45) is 0. The van der Waals surface area contributed by atoms with Crippen LogP contribution in [0.4, 0.5) is 0 Å². The highest BCUT2D eigenvalue weighted by Gasteiger charge is 2.28. The fourth-order valence-corrected chi connectivity index (χ4v) is 1.08. The van der Waals surface area contributed by atoms with E-state index in [9.17, 15) is 4.79 Å². The number of nitrogens with two attached hydrogens (primary N) is 1. The molecule has 2 rings (SSSR count). The second kappa shape index (κ2) is 2.67. The molecule has 1 amide bonds. The van der Waals surface area contributed by atoms with Crippen molar-refractivity contribution >= 4 is 11.6 Å². The third-order valence-corrected chi connectivity index (χ3v) is 1.75. The lowest BCUT2D eigenvalue weighted by Crippen LogP contribution is -2.37. The lowest BCUT2D eigenvalue weighted by molar-refractivity contribution is -0.120. The summed E-state index contributed by atoms with van der Waals surface area (Å²) in [6, 6.07) is 0.934. The van der Waals surface area contributed by atoms with Gasteiger partial charge in [-0.1, -0.05) is 5.16 Å². The Bertz CT molecular complexity index is 382. The first-order valence-corrected chi connectivity index (χ1v) is 3.75. The summed E-state index contributed by atoms with van der Waals surface area (Å²) in [5.41, 5.74) is 8.73. The standard InChI is InChI=1S/C7H8N4O2/c1-3-2-4(11-13-3)6-5(8)7(12)10-9-6/h2,5H,8H2,1H3,(H,10,12). The van der Waals surface area contributed by atoms with Crippen LogP contribution in [0.1, 0.15) is 11.5 Å². The summed E-state index contributed by atoms with van der Waals surface area (Å²) in [5, 5.41) is 7.46. The van der Waals surface area contributed by atoms with Crippen molar-refractivity contribution in [3.05, 3.63) is 17.5 Å². The molecule has 3 N–H and O–H groups in total. The van der Waals surface area contributed by atoms with E-state index in [0.29, 0.717) is 17.2 Å². The number of carbonyl (C=O) groups is 1. The molecule has 68 valence electrons. The van der Waals surface area contributed by atoms with Crippen LogP contribution in [0, 0.1) is 6.92 Å². The Morgan fingerprint density at radius 1 is 1.69 bits per heavy atom. The zero-order valence-electron chi connectivity index (χ0n) is 6.94. The third-order valence-electron chi connectivity index (χ3n) is 1.75. The van der Waals surface area contributed by atoms with Crippen LogP contribution in [-0.2, 0) is 4.79 Å². The van der Waals surface area contributed by atoms with E-state index in [1.54, 1.807) is 13.0 Å². The van der Waals surface area contributed by atoms with E-state index in [2.05, 4.69) is 15.7 Å². The maximum atomic E-state index is 11.0. The molecular formula is C7H8N4O2. The minimum Gasteiger partial charge on any atom is -0.361 e. The topological polar surface area (TPSA) is 93.5 Å². The number of aromatic nitrogens is 1. The number of nitrogens with zero attached hydrogens (tertiary/aromatic N) is 2. The van der Waals surface area contributed by atoms with Crippen molar-refractivity contribution in [2.45, 2.75) is 13.0 Å². The predicted octanol–water partition coefficient (Wildman–Crippen LogP) is -0.856. The zero-order valence-corrected chi connectivity index (χ0v) is 6.94. The molecule has 0 aromatic carbocycles. The summed E-state index contributed by atoms with van der Waals surface area (Å²) in [7, 11) is 0. The van der Waals surface area contributed by atoms with Crippen molar-refractivity contribution in [2.75, 3.05) is 0 Å². The van der Waals surface area contributed by atoms with Gasteiger partial charge in [0.15, 0.2) is 0 Å². The van der Waals surface area contributed by atoms with Crippen molar-refractivity contribution in [1.82, 2.24) is 10.6 Å². The van der Waals surface area contributed by atoms with E-state index < -0.39 is 6.04 Å². The fourth-order valence-electron chi connectivity index (χ4n) is 1.08. The maximum absolute atomic E-state index is 11.0. The van der Waals surface area contributed by atoms with Gasteiger partial charge in [0.2, 0.25) is 0 Å². The molecule has 6 heteroatoms. The van der Waals surface area contributed by atoms with Gasteiger partial charge in [-0.25, -0.2) is 5.43 Å². The quantitative estimate of drug-likeness (QED) is 0.588. The molecule has 0 radical (unpaired) electrons. The third kappa shape index (κ3) is 1.20.